The minimum Gasteiger partial charge on any atom is -0.464 e. The van der Waals surface area contributed by atoms with Crippen LogP contribution in [0.2, 0.25) is 0 Å². The Morgan fingerprint density at radius 2 is 1.67 bits per heavy atom. The topological polar surface area (TPSA) is 81.7 Å². The fourth-order valence-corrected chi connectivity index (χ4v) is 2.11. The number of carbonyl (C=O) groups is 3. The van der Waals surface area contributed by atoms with Crippen molar-refractivity contribution in [3.8, 4) is 0 Å². The molecule has 27 heavy (non-hydrogen) atoms. The van der Waals surface area contributed by atoms with Crippen LogP contribution in [0.15, 0.2) is 42.0 Å². The van der Waals surface area contributed by atoms with Gasteiger partial charge in [-0.15, -0.1) is 0 Å². The molecule has 1 atom stereocenters. The normalized spacial score (nSPS) is 12.9. The molecule has 0 aliphatic rings. The van der Waals surface area contributed by atoms with Crippen LogP contribution in [-0.2, 0) is 19.1 Å². The van der Waals surface area contributed by atoms with Crippen molar-refractivity contribution < 1.29 is 37.0 Å². The van der Waals surface area contributed by atoms with Gasteiger partial charge in [-0.3, -0.25) is 4.79 Å². The molecule has 0 spiro atoms. The van der Waals surface area contributed by atoms with Crippen molar-refractivity contribution in [2.45, 2.75) is 32.5 Å². The van der Waals surface area contributed by atoms with Gasteiger partial charge in [0.2, 0.25) is 0 Å². The summed E-state index contributed by atoms with van der Waals surface area (Å²) < 4.78 is 47.6. The molecule has 1 N–H and O–H groups in total. The predicted octanol–water partition coefficient (Wildman–Crippen LogP) is 2.79. The monoisotopic (exact) mass is 387 g/mol. The summed E-state index contributed by atoms with van der Waals surface area (Å²) in [6, 6.07) is 6.29. The van der Waals surface area contributed by atoms with Crippen molar-refractivity contribution in [1.29, 1.82) is 0 Å². The minimum atomic E-state index is -4.80. The van der Waals surface area contributed by atoms with Gasteiger partial charge >= 0.3 is 18.1 Å². The van der Waals surface area contributed by atoms with Crippen LogP contribution in [0.25, 0.3) is 0 Å². The number of hydrogen-bond donors (Lipinski definition) is 1. The average Bonchev–Trinajstić information content (AvgIpc) is 2.60. The largest absolute Gasteiger partial charge is 0.464 e. The second-order valence-electron chi connectivity index (χ2n) is 5.28. The van der Waals surface area contributed by atoms with Crippen molar-refractivity contribution in [3.05, 3.63) is 47.5 Å². The Morgan fingerprint density at radius 3 is 2.19 bits per heavy atom. The van der Waals surface area contributed by atoms with Gasteiger partial charge in [-0.1, -0.05) is 18.2 Å². The van der Waals surface area contributed by atoms with E-state index in [-0.39, 0.29) is 24.9 Å². The molecule has 0 saturated carbocycles. The van der Waals surface area contributed by atoms with Crippen LogP contribution in [0.5, 0.6) is 0 Å². The van der Waals surface area contributed by atoms with Gasteiger partial charge < -0.3 is 14.8 Å². The van der Waals surface area contributed by atoms with Crippen LogP contribution in [0, 0.1) is 0 Å². The third-order valence-electron chi connectivity index (χ3n) is 3.21. The zero-order valence-corrected chi connectivity index (χ0v) is 14.8. The highest BCUT2D eigenvalue weighted by molar-refractivity contribution is 5.97. The Bertz CT molecular complexity index is 686. The van der Waals surface area contributed by atoms with E-state index in [1.54, 1.807) is 18.2 Å². The number of carbonyl (C=O) groups excluding carboxylic acids is 3. The van der Waals surface area contributed by atoms with Crippen LogP contribution in [0.4, 0.5) is 13.2 Å². The molecule has 0 bridgehead atoms. The maximum absolute atomic E-state index is 12.7. The summed E-state index contributed by atoms with van der Waals surface area (Å²) in [6.45, 7) is 2.75. The van der Waals surface area contributed by atoms with Crippen LogP contribution < -0.4 is 5.32 Å². The van der Waals surface area contributed by atoms with Gasteiger partial charge in [-0.2, -0.15) is 13.2 Å². The number of benzene rings is 1. The van der Waals surface area contributed by atoms with E-state index >= 15 is 0 Å². The Balaban J connectivity index is 3.10. The number of alkyl halides is 3. The van der Waals surface area contributed by atoms with E-state index in [9.17, 15) is 27.6 Å². The Kier molecular flexibility index (Phi) is 8.50. The fraction of sp³-hybridized carbons (Fsp3) is 0.389. The van der Waals surface area contributed by atoms with Crippen LogP contribution in [-0.4, -0.2) is 43.3 Å². The molecule has 0 radical (unpaired) electrons. The number of halogens is 3. The van der Waals surface area contributed by atoms with Gasteiger partial charge in [-0.05, 0) is 26.0 Å². The molecular formula is C18H20F3NO5. The molecule has 0 aliphatic carbocycles. The van der Waals surface area contributed by atoms with Gasteiger partial charge in [0.05, 0.1) is 13.2 Å². The maximum Gasteiger partial charge on any atom is 0.410 e. The zero-order chi connectivity index (χ0) is 20.4. The van der Waals surface area contributed by atoms with E-state index in [1.165, 1.54) is 26.0 Å². The number of amides is 1. The first-order chi connectivity index (χ1) is 12.7. The van der Waals surface area contributed by atoms with Crippen LogP contribution in [0.3, 0.4) is 0 Å². The molecule has 0 heterocycles. The summed E-state index contributed by atoms with van der Waals surface area (Å²) in [4.78, 5) is 36.2. The van der Waals surface area contributed by atoms with E-state index in [4.69, 9.17) is 4.74 Å². The van der Waals surface area contributed by atoms with Crippen molar-refractivity contribution >= 4 is 17.8 Å². The molecule has 0 saturated heterocycles. The molecule has 1 unspecified atom stereocenters. The quantitative estimate of drug-likeness (QED) is 0.548. The third-order valence-corrected chi connectivity index (χ3v) is 3.21. The van der Waals surface area contributed by atoms with E-state index in [2.05, 4.69) is 10.1 Å². The first kappa shape index (κ1) is 22.2. The van der Waals surface area contributed by atoms with Crippen molar-refractivity contribution in [2.75, 3.05) is 13.2 Å². The molecule has 0 aliphatic heterocycles. The minimum absolute atomic E-state index is 0.0474. The number of allylic oxidation sites excluding steroid dienone is 1. The Hall–Kier alpha value is -2.84. The Morgan fingerprint density at radius 1 is 1.07 bits per heavy atom. The second-order valence-corrected chi connectivity index (χ2v) is 5.28. The lowest BCUT2D eigenvalue weighted by molar-refractivity contribution is -0.145. The fourth-order valence-electron chi connectivity index (χ4n) is 2.11. The molecule has 148 valence electrons. The molecule has 0 fully saturated rings. The Labute approximate surface area is 154 Å². The highest BCUT2D eigenvalue weighted by Crippen LogP contribution is 2.22. The molecule has 1 rings (SSSR count). The summed E-state index contributed by atoms with van der Waals surface area (Å²) >= 11 is 0. The standard InChI is InChI=1S/C18H20F3NO5/c1-3-26-16(24)13(11-18(19,20)21)10-14(17(25)27-4-2)22-15(23)12-8-6-5-7-9-12/h5-9,11,14H,3-4,10H2,1-2H3,(H,22,23). The molecule has 6 nitrogen and oxygen atoms in total. The molecule has 1 aromatic rings. The zero-order valence-electron chi connectivity index (χ0n) is 14.8. The lowest BCUT2D eigenvalue weighted by Crippen LogP contribution is -2.42. The van der Waals surface area contributed by atoms with E-state index < -0.39 is 42.1 Å². The third kappa shape index (κ3) is 7.93. The first-order valence-corrected chi connectivity index (χ1v) is 8.16. The van der Waals surface area contributed by atoms with Crippen molar-refractivity contribution in [3.63, 3.8) is 0 Å². The number of hydrogen-bond acceptors (Lipinski definition) is 5. The molecule has 1 amide bonds. The van der Waals surface area contributed by atoms with Gasteiger partial charge in [0.25, 0.3) is 5.91 Å². The average molecular weight is 387 g/mol. The number of esters is 2. The number of rotatable bonds is 8. The molecular weight excluding hydrogens is 367 g/mol. The predicted molar refractivity (Wildman–Crippen MR) is 89.7 cm³/mol. The van der Waals surface area contributed by atoms with Crippen molar-refractivity contribution in [1.82, 2.24) is 5.32 Å². The van der Waals surface area contributed by atoms with E-state index in [0.29, 0.717) is 0 Å². The highest BCUT2D eigenvalue weighted by Gasteiger charge is 2.32. The van der Waals surface area contributed by atoms with Crippen LogP contribution in [0.1, 0.15) is 30.6 Å². The molecule has 1 aromatic carbocycles. The van der Waals surface area contributed by atoms with Gasteiger partial charge in [0, 0.05) is 23.6 Å². The summed E-state index contributed by atoms with van der Waals surface area (Å²) in [5.41, 5.74) is -0.597. The summed E-state index contributed by atoms with van der Waals surface area (Å²) in [5.74, 6) is -2.87. The summed E-state index contributed by atoms with van der Waals surface area (Å²) in [5, 5.41) is 2.30. The summed E-state index contributed by atoms with van der Waals surface area (Å²) in [7, 11) is 0. The van der Waals surface area contributed by atoms with Gasteiger partial charge in [0.1, 0.15) is 6.04 Å². The van der Waals surface area contributed by atoms with Crippen molar-refractivity contribution in [2.24, 2.45) is 0 Å². The molecule has 9 heteroatoms. The van der Waals surface area contributed by atoms with Gasteiger partial charge in [-0.25, -0.2) is 9.59 Å². The lowest BCUT2D eigenvalue weighted by atomic mass is 10.0. The highest BCUT2D eigenvalue weighted by atomic mass is 19.4. The maximum atomic E-state index is 12.7. The SMILES string of the molecule is CCOC(=O)C(=CC(F)(F)F)CC(NC(=O)c1ccccc1)C(=O)OCC. The summed E-state index contributed by atoms with van der Waals surface area (Å²) in [6.07, 6.45) is -5.77. The number of nitrogens with one attached hydrogen (secondary N) is 1. The second kappa shape index (κ2) is 10.3. The van der Waals surface area contributed by atoms with E-state index in [1.807, 2.05) is 0 Å². The number of ether oxygens (including phenoxy) is 2. The molecule has 0 aromatic heterocycles. The smallest absolute Gasteiger partial charge is 0.410 e. The van der Waals surface area contributed by atoms with E-state index in [0.717, 1.165) is 0 Å². The first-order valence-electron chi connectivity index (χ1n) is 8.16. The van der Waals surface area contributed by atoms with Crippen LogP contribution >= 0.6 is 0 Å². The lowest BCUT2D eigenvalue weighted by Gasteiger charge is -2.19. The van der Waals surface area contributed by atoms with Gasteiger partial charge in [0.15, 0.2) is 0 Å².